The minimum absolute atomic E-state index is 0.0296. The predicted octanol–water partition coefficient (Wildman–Crippen LogP) is 1.43. The molecule has 2 fully saturated rings. The Balaban J connectivity index is 1.68. The van der Waals surface area contributed by atoms with Gasteiger partial charge in [0.15, 0.2) is 0 Å². The maximum atomic E-state index is 11.2. The topological polar surface area (TPSA) is 29.5 Å². The third-order valence-electron chi connectivity index (χ3n) is 3.29. The smallest absolute Gasteiger partial charge is 0.309 e. The van der Waals surface area contributed by atoms with Crippen molar-refractivity contribution in [3.8, 4) is 0 Å². The Kier molecular flexibility index (Phi) is 3.40. The first-order chi connectivity index (χ1) is 6.86. The predicted molar refractivity (Wildman–Crippen MR) is 54.0 cm³/mol. The van der Waals surface area contributed by atoms with E-state index in [4.69, 9.17) is 4.74 Å². The Bertz CT molecular complexity index is 199. The lowest BCUT2D eigenvalue weighted by molar-refractivity contribution is -0.141. The van der Waals surface area contributed by atoms with Crippen molar-refractivity contribution in [3.05, 3.63) is 0 Å². The van der Waals surface area contributed by atoms with Gasteiger partial charge < -0.3 is 9.64 Å². The van der Waals surface area contributed by atoms with Crippen LogP contribution in [0.4, 0.5) is 0 Å². The molecule has 3 heteroatoms. The molecule has 0 aromatic carbocycles. The molecule has 0 aromatic heterocycles. The second kappa shape index (κ2) is 4.78. The molecule has 0 spiro atoms. The number of carbonyl (C=O) groups is 1. The largest absolute Gasteiger partial charge is 0.465 e. The average Bonchev–Trinajstić information content (AvgIpc) is 2.63. The van der Waals surface area contributed by atoms with Gasteiger partial charge >= 0.3 is 5.97 Å². The summed E-state index contributed by atoms with van der Waals surface area (Å²) in [6, 6.07) is 0. The second-order valence-corrected chi connectivity index (χ2v) is 4.34. The van der Waals surface area contributed by atoms with Crippen molar-refractivity contribution in [2.45, 2.75) is 32.1 Å². The van der Waals surface area contributed by atoms with E-state index in [9.17, 15) is 4.79 Å². The molecular formula is C11H19NO2. The van der Waals surface area contributed by atoms with Crippen molar-refractivity contribution in [2.75, 3.05) is 26.2 Å². The lowest BCUT2D eigenvalue weighted by Gasteiger charge is -2.26. The summed E-state index contributed by atoms with van der Waals surface area (Å²) >= 11 is 0. The molecule has 0 N–H and O–H groups in total. The van der Waals surface area contributed by atoms with Crippen LogP contribution in [0.3, 0.4) is 0 Å². The summed E-state index contributed by atoms with van der Waals surface area (Å²) in [6.07, 6.45) is 5.97. The van der Waals surface area contributed by atoms with E-state index in [0.29, 0.717) is 6.61 Å². The van der Waals surface area contributed by atoms with Gasteiger partial charge in [-0.15, -0.1) is 0 Å². The number of esters is 1. The molecule has 3 nitrogen and oxygen atoms in total. The average molecular weight is 197 g/mol. The van der Waals surface area contributed by atoms with Crippen LogP contribution in [0.2, 0.25) is 0 Å². The maximum absolute atomic E-state index is 11.2. The van der Waals surface area contributed by atoms with E-state index in [1.807, 2.05) is 0 Å². The van der Waals surface area contributed by atoms with Crippen LogP contribution >= 0.6 is 0 Å². The van der Waals surface area contributed by atoms with Crippen LogP contribution in [0.1, 0.15) is 32.1 Å². The molecular weight excluding hydrogens is 178 g/mol. The third kappa shape index (κ3) is 2.47. The third-order valence-corrected chi connectivity index (χ3v) is 3.29. The zero-order valence-electron chi connectivity index (χ0n) is 8.71. The van der Waals surface area contributed by atoms with E-state index in [0.717, 1.165) is 19.4 Å². The SMILES string of the molecule is O=C1OCCC1CCN1CCCCC1. The highest BCUT2D eigenvalue weighted by molar-refractivity contribution is 5.74. The number of hydrogen-bond donors (Lipinski definition) is 0. The highest BCUT2D eigenvalue weighted by Crippen LogP contribution is 2.19. The zero-order valence-corrected chi connectivity index (χ0v) is 8.71. The molecule has 1 atom stereocenters. The number of cyclic esters (lactones) is 1. The van der Waals surface area contributed by atoms with Crippen LogP contribution in [-0.2, 0) is 9.53 Å². The number of hydrogen-bond acceptors (Lipinski definition) is 3. The highest BCUT2D eigenvalue weighted by atomic mass is 16.5. The van der Waals surface area contributed by atoms with Crippen LogP contribution in [0, 0.1) is 5.92 Å². The van der Waals surface area contributed by atoms with Crippen LogP contribution < -0.4 is 0 Å². The summed E-state index contributed by atoms with van der Waals surface area (Å²) in [4.78, 5) is 13.7. The summed E-state index contributed by atoms with van der Waals surface area (Å²) < 4.78 is 4.95. The van der Waals surface area contributed by atoms with Crippen molar-refractivity contribution in [3.63, 3.8) is 0 Å². The molecule has 2 aliphatic rings. The normalized spacial score (nSPS) is 29.1. The van der Waals surface area contributed by atoms with Gasteiger partial charge in [-0.05, 0) is 45.3 Å². The number of rotatable bonds is 3. The lowest BCUT2D eigenvalue weighted by Crippen LogP contribution is -2.32. The Hall–Kier alpha value is -0.570. The number of likely N-dealkylation sites (tertiary alicyclic amines) is 1. The molecule has 80 valence electrons. The van der Waals surface area contributed by atoms with Crippen molar-refractivity contribution >= 4 is 5.97 Å². The monoisotopic (exact) mass is 197 g/mol. The summed E-state index contributed by atoms with van der Waals surface area (Å²) in [6.45, 7) is 4.17. The van der Waals surface area contributed by atoms with Crippen molar-refractivity contribution in [2.24, 2.45) is 5.92 Å². The van der Waals surface area contributed by atoms with Gasteiger partial charge in [-0.2, -0.15) is 0 Å². The Morgan fingerprint density at radius 1 is 1.29 bits per heavy atom. The number of nitrogens with zero attached hydrogens (tertiary/aromatic N) is 1. The van der Waals surface area contributed by atoms with Crippen molar-refractivity contribution in [1.82, 2.24) is 4.90 Å². The van der Waals surface area contributed by atoms with Crippen LogP contribution in [-0.4, -0.2) is 37.1 Å². The quantitative estimate of drug-likeness (QED) is 0.641. The van der Waals surface area contributed by atoms with Gasteiger partial charge in [-0.25, -0.2) is 0 Å². The summed E-state index contributed by atoms with van der Waals surface area (Å²) in [7, 11) is 0. The second-order valence-electron chi connectivity index (χ2n) is 4.34. The Morgan fingerprint density at radius 2 is 2.07 bits per heavy atom. The highest BCUT2D eigenvalue weighted by Gasteiger charge is 2.26. The zero-order chi connectivity index (χ0) is 9.80. The molecule has 0 radical (unpaired) electrons. The van der Waals surface area contributed by atoms with Gasteiger partial charge in [0.2, 0.25) is 0 Å². The van der Waals surface area contributed by atoms with Crippen molar-refractivity contribution < 1.29 is 9.53 Å². The standard InChI is InChI=1S/C11H19NO2/c13-11-10(5-9-14-11)4-8-12-6-2-1-3-7-12/h10H,1-9H2. The molecule has 2 heterocycles. The molecule has 0 amide bonds. The van der Waals surface area contributed by atoms with Crippen LogP contribution in [0.15, 0.2) is 0 Å². The first-order valence-corrected chi connectivity index (χ1v) is 5.75. The lowest BCUT2D eigenvalue weighted by atomic mass is 10.0. The minimum atomic E-state index is 0.0296. The van der Waals surface area contributed by atoms with Gasteiger partial charge in [0, 0.05) is 0 Å². The van der Waals surface area contributed by atoms with E-state index in [1.54, 1.807) is 0 Å². The van der Waals surface area contributed by atoms with Gasteiger partial charge in [0.25, 0.3) is 0 Å². The van der Waals surface area contributed by atoms with E-state index in [-0.39, 0.29) is 11.9 Å². The van der Waals surface area contributed by atoms with Gasteiger partial charge in [-0.3, -0.25) is 4.79 Å². The molecule has 0 saturated carbocycles. The summed E-state index contributed by atoms with van der Waals surface area (Å²) in [5.41, 5.74) is 0. The van der Waals surface area contributed by atoms with E-state index >= 15 is 0 Å². The van der Waals surface area contributed by atoms with Gasteiger partial charge in [-0.1, -0.05) is 6.42 Å². The first kappa shape index (κ1) is 9.97. The number of carbonyl (C=O) groups excluding carboxylic acids is 1. The molecule has 2 aliphatic heterocycles. The molecule has 14 heavy (non-hydrogen) atoms. The van der Waals surface area contributed by atoms with Gasteiger partial charge in [0.1, 0.15) is 0 Å². The Morgan fingerprint density at radius 3 is 2.71 bits per heavy atom. The number of ether oxygens (including phenoxy) is 1. The van der Waals surface area contributed by atoms with Crippen molar-refractivity contribution in [1.29, 1.82) is 0 Å². The fourth-order valence-electron chi connectivity index (χ4n) is 2.32. The molecule has 1 unspecified atom stereocenters. The fourth-order valence-corrected chi connectivity index (χ4v) is 2.32. The first-order valence-electron chi connectivity index (χ1n) is 5.75. The van der Waals surface area contributed by atoms with Gasteiger partial charge in [0.05, 0.1) is 12.5 Å². The minimum Gasteiger partial charge on any atom is -0.465 e. The number of piperidine rings is 1. The van der Waals surface area contributed by atoms with Crippen LogP contribution in [0.5, 0.6) is 0 Å². The molecule has 0 aliphatic carbocycles. The fraction of sp³-hybridized carbons (Fsp3) is 0.909. The maximum Gasteiger partial charge on any atom is 0.309 e. The molecule has 0 aromatic rings. The van der Waals surface area contributed by atoms with E-state index in [2.05, 4.69) is 4.90 Å². The Labute approximate surface area is 85.4 Å². The molecule has 2 saturated heterocycles. The van der Waals surface area contributed by atoms with E-state index < -0.39 is 0 Å². The van der Waals surface area contributed by atoms with E-state index in [1.165, 1.54) is 32.4 Å². The van der Waals surface area contributed by atoms with Crippen LogP contribution in [0.25, 0.3) is 0 Å². The molecule has 2 rings (SSSR count). The molecule has 0 bridgehead atoms. The summed E-state index contributed by atoms with van der Waals surface area (Å²) in [5, 5.41) is 0. The summed E-state index contributed by atoms with van der Waals surface area (Å²) in [5.74, 6) is 0.221.